The first-order chi connectivity index (χ1) is 20.9. The van der Waals surface area contributed by atoms with E-state index in [0.717, 1.165) is 30.4 Å². The predicted molar refractivity (Wildman–Crippen MR) is 170 cm³/mol. The fourth-order valence-corrected chi connectivity index (χ4v) is 6.22. The van der Waals surface area contributed by atoms with Gasteiger partial charge in [-0.2, -0.15) is 0 Å². The first-order valence-corrected chi connectivity index (χ1v) is 15.5. The monoisotopic (exact) mass is 620 g/mol. The van der Waals surface area contributed by atoms with Gasteiger partial charge in [0, 0.05) is 10.6 Å². The van der Waals surface area contributed by atoms with E-state index >= 15 is 0 Å². The number of hydrogen-bond donors (Lipinski definition) is 1. The lowest BCUT2D eigenvalue weighted by Gasteiger charge is -2.24. The van der Waals surface area contributed by atoms with Crippen LogP contribution in [0.25, 0.3) is 16.0 Å². The van der Waals surface area contributed by atoms with Crippen LogP contribution in [0.3, 0.4) is 0 Å². The molecule has 5 rings (SSSR count). The Balaban J connectivity index is 1.64. The second-order valence-electron chi connectivity index (χ2n) is 10.1. The molecule has 224 valence electrons. The van der Waals surface area contributed by atoms with Crippen LogP contribution in [0.4, 0.5) is 5.13 Å². The molecule has 0 bridgehead atoms. The number of fused-ring (bicyclic) bond motifs is 1. The molecule has 0 spiro atoms. The van der Waals surface area contributed by atoms with Gasteiger partial charge in [-0.05, 0) is 60.9 Å². The Bertz CT molecular complexity index is 1680. The standard InChI is InChI=1S/C33H33ClN2O6S/c1-4-6-7-16-42-25-14-11-20(18-26(25)40-3)29-28(30(37)21-9-8-10-23(17-21)41-15-5-2)31(38)32(39)36(29)33-35-24-13-12-22(34)19-27(24)43-33/h8-14,17-19,29,37H,4-7,15-16H2,1-3H3. The summed E-state index contributed by atoms with van der Waals surface area (Å²) in [5.41, 5.74) is 1.48. The summed E-state index contributed by atoms with van der Waals surface area (Å²) in [6.07, 6.45) is 3.84. The van der Waals surface area contributed by atoms with Gasteiger partial charge in [-0.1, -0.05) is 67.8 Å². The Labute approximate surface area is 259 Å². The molecule has 1 N–H and O–H groups in total. The zero-order chi connectivity index (χ0) is 30.5. The molecule has 1 aliphatic rings. The van der Waals surface area contributed by atoms with E-state index in [1.165, 1.54) is 23.3 Å². The topological polar surface area (TPSA) is 98.2 Å². The average molecular weight is 621 g/mol. The summed E-state index contributed by atoms with van der Waals surface area (Å²) in [6.45, 7) is 5.16. The molecular formula is C33H33ClN2O6S. The van der Waals surface area contributed by atoms with Gasteiger partial charge in [0.15, 0.2) is 16.6 Å². The third-order valence-corrected chi connectivity index (χ3v) is 8.33. The van der Waals surface area contributed by atoms with Crippen molar-refractivity contribution in [1.82, 2.24) is 4.98 Å². The van der Waals surface area contributed by atoms with E-state index in [-0.39, 0.29) is 11.3 Å². The molecule has 1 saturated heterocycles. The number of carbonyl (C=O) groups excluding carboxylic acids is 2. The molecule has 1 aliphatic heterocycles. The highest BCUT2D eigenvalue weighted by Crippen LogP contribution is 2.46. The third kappa shape index (κ3) is 6.33. The maximum Gasteiger partial charge on any atom is 0.301 e. The van der Waals surface area contributed by atoms with Gasteiger partial charge in [-0.25, -0.2) is 4.98 Å². The molecule has 4 aromatic rings. The number of Topliss-reactive ketones (excluding diaryl/α,β-unsaturated/α-hetero) is 1. The molecule has 2 heterocycles. The van der Waals surface area contributed by atoms with Crippen LogP contribution in [0.5, 0.6) is 17.2 Å². The number of anilines is 1. The van der Waals surface area contributed by atoms with E-state index in [4.69, 9.17) is 25.8 Å². The number of ketones is 1. The Hall–Kier alpha value is -4.08. The van der Waals surface area contributed by atoms with E-state index in [0.29, 0.717) is 57.3 Å². The second kappa shape index (κ2) is 13.5. The summed E-state index contributed by atoms with van der Waals surface area (Å²) < 4.78 is 18.1. The van der Waals surface area contributed by atoms with Gasteiger partial charge < -0.3 is 19.3 Å². The number of rotatable bonds is 12. The van der Waals surface area contributed by atoms with E-state index < -0.39 is 17.7 Å². The molecule has 1 aromatic heterocycles. The average Bonchev–Trinajstić information content (AvgIpc) is 3.55. The van der Waals surface area contributed by atoms with Crippen molar-refractivity contribution in [3.63, 3.8) is 0 Å². The fourth-order valence-electron chi connectivity index (χ4n) is 4.95. The first-order valence-electron chi connectivity index (χ1n) is 14.3. The van der Waals surface area contributed by atoms with Crippen LogP contribution >= 0.6 is 22.9 Å². The molecular weight excluding hydrogens is 588 g/mol. The van der Waals surface area contributed by atoms with Crippen LogP contribution in [0.1, 0.15) is 56.7 Å². The number of hydrogen-bond acceptors (Lipinski definition) is 8. The smallest absolute Gasteiger partial charge is 0.301 e. The summed E-state index contributed by atoms with van der Waals surface area (Å²) in [6, 6.07) is 16.4. The molecule has 1 atom stereocenters. The van der Waals surface area contributed by atoms with Crippen LogP contribution in [0, 0.1) is 0 Å². The van der Waals surface area contributed by atoms with Crippen molar-refractivity contribution in [2.24, 2.45) is 0 Å². The summed E-state index contributed by atoms with van der Waals surface area (Å²) in [5.74, 6) is -0.380. The van der Waals surface area contributed by atoms with E-state index in [1.807, 2.05) is 6.92 Å². The highest BCUT2D eigenvalue weighted by atomic mass is 35.5. The van der Waals surface area contributed by atoms with Gasteiger partial charge in [0.1, 0.15) is 11.5 Å². The lowest BCUT2D eigenvalue weighted by molar-refractivity contribution is -0.132. The quantitative estimate of drug-likeness (QED) is 0.0743. The summed E-state index contributed by atoms with van der Waals surface area (Å²) in [4.78, 5) is 33.4. The third-order valence-electron chi connectivity index (χ3n) is 7.08. The second-order valence-corrected chi connectivity index (χ2v) is 11.6. The van der Waals surface area contributed by atoms with Crippen LogP contribution in [-0.2, 0) is 9.59 Å². The fraction of sp³-hybridized carbons (Fsp3) is 0.303. The van der Waals surface area contributed by atoms with E-state index in [2.05, 4.69) is 11.9 Å². The number of unbranched alkanes of at least 4 members (excludes halogenated alkanes) is 2. The van der Waals surface area contributed by atoms with Crippen molar-refractivity contribution >= 4 is 55.7 Å². The van der Waals surface area contributed by atoms with Crippen LogP contribution in [-0.4, -0.2) is 42.1 Å². The largest absolute Gasteiger partial charge is 0.507 e. The van der Waals surface area contributed by atoms with Gasteiger partial charge in [-0.15, -0.1) is 0 Å². The number of ether oxygens (including phenoxy) is 3. The SMILES string of the molecule is CCCCCOc1ccc(C2C(=C(O)c3cccc(OCCC)c3)C(=O)C(=O)N2c2nc3ccc(Cl)cc3s2)cc1OC. The molecule has 1 fully saturated rings. The zero-order valence-corrected chi connectivity index (χ0v) is 25.8. The van der Waals surface area contributed by atoms with Gasteiger partial charge in [0.05, 0.1) is 42.2 Å². The van der Waals surface area contributed by atoms with Crippen LogP contribution in [0.15, 0.2) is 66.2 Å². The number of aliphatic hydroxyl groups is 1. The molecule has 1 amide bonds. The minimum Gasteiger partial charge on any atom is -0.507 e. The van der Waals surface area contributed by atoms with E-state index in [1.54, 1.807) is 60.7 Å². The Morgan fingerprint density at radius 3 is 2.58 bits per heavy atom. The number of benzene rings is 3. The lowest BCUT2D eigenvalue weighted by atomic mass is 9.95. The van der Waals surface area contributed by atoms with Crippen molar-refractivity contribution in [3.8, 4) is 17.2 Å². The first kappa shape index (κ1) is 30.4. The number of halogens is 1. The number of methoxy groups -OCH3 is 1. The van der Waals surface area contributed by atoms with Crippen LogP contribution in [0.2, 0.25) is 5.02 Å². The number of thiazole rings is 1. The lowest BCUT2D eigenvalue weighted by Crippen LogP contribution is -2.29. The van der Waals surface area contributed by atoms with Crippen molar-refractivity contribution in [3.05, 3.63) is 82.4 Å². The molecule has 10 heteroatoms. The van der Waals surface area contributed by atoms with Crippen molar-refractivity contribution in [2.45, 2.75) is 45.6 Å². The molecule has 8 nitrogen and oxygen atoms in total. The number of aliphatic hydroxyl groups excluding tert-OH is 1. The van der Waals surface area contributed by atoms with Crippen molar-refractivity contribution < 1.29 is 28.9 Å². The maximum atomic E-state index is 13.7. The number of nitrogens with zero attached hydrogens (tertiary/aromatic N) is 2. The highest BCUT2D eigenvalue weighted by molar-refractivity contribution is 7.22. The summed E-state index contributed by atoms with van der Waals surface area (Å²) in [7, 11) is 1.54. The zero-order valence-electron chi connectivity index (χ0n) is 24.3. The normalized spacial score (nSPS) is 16.2. The van der Waals surface area contributed by atoms with Crippen molar-refractivity contribution in [1.29, 1.82) is 0 Å². The summed E-state index contributed by atoms with van der Waals surface area (Å²) in [5, 5.41) is 12.5. The number of amides is 1. The number of carbonyl (C=O) groups is 2. The van der Waals surface area contributed by atoms with E-state index in [9.17, 15) is 14.7 Å². The van der Waals surface area contributed by atoms with Gasteiger partial charge in [0.25, 0.3) is 5.78 Å². The van der Waals surface area contributed by atoms with Gasteiger partial charge in [0.2, 0.25) is 0 Å². The molecule has 43 heavy (non-hydrogen) atoms. The maximum absolute atomic E-state index is 13.7. The minimum atomic E-state index is -0.987. The van der Waals surface area contributed by atoms with Gasteiger partial charge in [-0.3, -0.25) is 14.5 Å². The Kier molecular flexibility index (Phi) is 9.52. The minimum absolute atomic E-state index is 0.0615. The number of aromatic nitrogens is 1. The van der Waals surface area contributed by atoms with Crippen LogP contribution < -0.4 is 19.1 Å². The Morgan fingerprint density at radius 1 is 0.977 bits per heavy atom. The predicted octanol–water partition coefficient (Wildman–Crippen LogP) is 7.94. The Morgan fingerprint density at radius 2 is 1.81 bits per heavy atom. The summed E-state index contributed by atoms with van der Waals surface area (Å²) >= 11 is 7.45. The molecule has 1 unspecified atom stereocenters. The molecule has 0 aliphatic carbocycles. The van der Waals surface area contributed by atoms with Gasteiger partial charge >= 0.3 is 5.91 Å². The molecule has 0 saturated carbocycles. The molecule has 3 aromatic carbocycles. The van der Waals surface area contributed by atoms with Crippen molar-refractivity contribution in [2.75, 3.05) is 25.2 Å². The molecule has 0 radical (unpaired) electrons. The highest BCUT2D eigenvalue weighted by Gasteiger charge is 2.48.